The largest absolute Gasteiger partial charge is 0.459 e. The molecule has 22 heavy (non-hydrogen) atoms. The SMILES string of the molecule is CCN(O)c1nc(C2O[C@H](CO)[C@@H](O)[C@H]2O)nc2ccoc12. The molecule has 0 aromatic carbocycles. The van der Waals surface area contributed by atoms with Crippen molar-refractivity contribution in [2.75, 3.05) is 18.2 Å². The first-order chi connectivity index (χ1) is 10.6. The molecule has 0 bridgehead atoms. The van der Waals surface area contributed by atoms with Gasteiger partial charge in [0.1, 0.15) is 29.9 Å². The number of furan rings is 1. The summed E-state index contributed by atoms with van der Waals surface area (Å²) in [7, 11) is 0. The van der Waals surface area contributed by atoms with Gasteiger partial charge in [0.15, 0.2) is 17.2 Å². The third kappa shape index (κ3) is 2.32. The molecule has 2 aromatic heterocycles. The first-order valence-corrected chi connectivity index (χ1v) is 6.90. The molecular formula is C13H17N3O6. The molecule has 0 saturated carbocycles. The maximum Gasteiger partial charge on any atom is 0.200 e. The van der Waals surface area contributed by atoms with Crippen LogP contribution in [-0.4, -0.2) is 62.0 Å². The van der Waals surface area contributed by atoms with Crippen LogP contribution in [0.5, 0.6) is 0 Å². The summed E-state index contributed by atoms with van der Waals surface area (Å²) in [4.78, 5) is 8.40. The van der Waals surface area contributed by atoms with E-state index in [1.54, 1.807) is 13.0 Å². The van der Waals surface area contributed by atoms with Crippen LogP contribution in [0.1, 0.15) is 18.9 Å². The Morgan fingerprint density at radius 1 is 1.27 bits per heavy atom. The zero-order valence-corrected chi connectivity index (χ0v) is 11.8. The minimum absolute atomic E-state index is 0.0962. The topological polar surface area (TPSA) is 132 Å². The van der Waals surface area contributed by atoms with Gasteiger partial charge in [0.25, 0.3) is 0 Å². The molecule has 0 amide bonds. The number of fused-ring (bicyclic) bond motifs is 1. The number of hydrogen-bond acceptors (Lipinski definition) is 9. The fourth-order valence-electron chi connectivity index (χ4n) is 2.43. The van der Waals surface area contributed by atoms with Crippen LogP contribution in [0, 0.1) is 0 Å². The van der Waals surface area contributed by atoms with Crippen molar-refractivity contribution in [1.82, 2.24) is 9.97 Å². The van der Waals surface area contributed by atoms with Crippen molar-refractivity contribution in [3.05, 3.63) is 18.2 Å². The highest BCUT2D eigenvalue weighted by atomic mass is 16.6. The van der Waals surface area contributed by atoms with Crippen molar-refractivity contribution in [3.63, 3.8) is 0 Å². The van der Waals surface area contributed by atoms with E-state index in [2.05, 4.69) is 9.97 Å². The minimum Gasteiger partial charge on any atom is -0.459 e. The van der Waals surface area contributed by atoms with Crippen molar-refractivity contribution >= 4 is 16.9 Å². The number of nitrogens with zero attached hydrogens (tertiary/aromatic N) is 3. The number of aliphatic hydroxyl groups excluding tert-OH is 3. The summed E-state index contributed by atoms with van der Waals surface area (Å²) >= 11 is 0. The highest BCUT2D eigenvalue weighted by Gasteiger charge is 2.44. The molecule has 0 radical (unpaired) electrons. The van der Waals surface area contributed by atoms with E-state index in [0.29, 0.717) is 11.1 Å². The van der Waals surface area contributed by atoms with Gasteiger partial charge in [0, 0.05) is 12.6 Å². The summed E-state index contributed by atoms with van der Waals surface area (Å²) in [5.74, 6) is 0.240. The second kappa shape index (κ2) is 5.78. The molecule has 3 rings (SSSR count). The number of anilines is 1. The van der Waals surface area contributed by atoms with Crippen molar-refractivity contribution in [2.45, 2.75) is 31.3 Å². The predicted molar refractivity (Wildman–Crippen MR) is 73.3 cm³/mol. The molecule has 2 aromatic rings. The quantitative estimate of drug-likeness (QED) is 0.556. The van der Waals surface area contributed by atoms with Gasteiger partial charge < -0.3 is 24.5 Å². The third-order valence-electron chi connectivity index (χ3n) is 3.64. The van der Waals surface area contributed by atoms with E-state index in [0.717, 1.165) is 5.06 Å². The molecule has 1 fully saturated rings. The molecule has 1 aliphatic heterocycles. The van der Waals surface area contributed by atoms with Crippen LogP contribution in [0.4, 0.5) is 5.82 Å². The van der Waals surface area contributed by atoms with E-state index >= 15 is 0 Å². The molecule has 9 nitrogen and oxygen atoms in total. The molecule has 0 spiro atoms. The van der Waals surface area contributed by atoms with Gasteiger partial charge in [0.2, 0.25) is 0 Å². The van der Waals surface area contributed by atoms with Gasteiger partial charge in [0.05, 0.1) is 12.9 Å². The minimum atomic E-state index is -1.27. The lowest BCUT2D eigenvalue weighted by Gasteiger charge is -2.17. The molecule has 1 saturated heterocycles. The number of aromatic nitrogens is 2. The Morgan fingerprint density at radius 3 is 2.68 bits per heavy atom. The van der Waals surface area contributed by atoms with Crippen LogP contribution in [0.3, 0.4) is 0 Å². The van der Waals surface area contributed by atoms with Crippen molar-refractivity contribution in [3.8, 4) is 0 Å². The van der Waals surface area contributed by atoms with E-state index in [-0.39, 0.29) is 18.2 Å². The third-order valence-corrected chi connectivity index (χ3v) is 3.64. The van der Waals surface area contributed by atoms with E-state index in [1.807, 2.05) is 0 Å². The maximum atomic E-state index is 10.1. The molecule has 4 N–H and O–H groups in total. The number of ether oxygens (including phenoxy) is 1. The Bertz CT molecular complexity index is 662. The lowest BCUT2D eigenvalue weighted by molar-refractivity contribution is -0.0252. The Morgan fingerprint density at radius 2 is 2.05 bits per heavy atom. The van der Waals surface area contributed by atoms with Gasteiger partial charge in [-0.1, -0.05) is 0 Å². The molecular weight excluding hydrogens is 294 g/mol. The zero-order valence-electron chi connectivity index (χ0n) is 11.8. The second-order valence-corrected chi connectivity index (χ2v) is 5.02. The smallest absolute Gasteiger partial charge is 0.200 e. The number of hydrogen-bond donors (Lipinski definition) is 4. The fraction of sp³-hybridized carbons (Fsp3) is 0.538. The average molecular weight is 311 g/mol. The normalized spacial score (nSPS) is 28.4. The summed E-state index contributed by atoms with van der Waals surface area (Å²) in [6.45, 7) is 1.56. The highest BCUT2D eigenvalue weighted by Crippen LogP contribution is 2.34. The second-order valence-electron chi connectivity index (χ2n) is 5.02. The Labute approximate surface area is 125 Å². The van der Waals surface area contributed by atoms with Crippen LogP contribution in [0.15, 0.2) is 16.7 Å². The van der Waals surface area contributed by atoms with E-state index in [1.165, 1.54) is 6.26 Å². The summed E-state index contributed by atoms with van der Waals surface area (Å²) in [6.07, 6.45) is -3.02. The van der Waals surface area contributed by atoms with Crippen LogP contribution >= 0.6 is 0 Å². The van der Waals surface area contributed by atoms with Gasteiger partial charge in [-0.05, 0) is 6.92 Å². The molecule has 0 aliphatic carbocycles. The highest BCUT2D eigenvalue weighted by molar-refractivity contribution is 5.83. The van der Waals surface area contributed by atoms with Crippen molar-refractivity contribution in [2.24, 2.45) is 0 Å². The molecule has 1 unspecified atom stereocenters. The summed E-state index contributed by atoms with van der Waals surface area (Å²) in [5.41, 5.74) is 0.741. The van der Waals surface area contributed by atoms with Gasteiger partial charge in [-0.3, -0.25) is 5.21 Å². The van der Waals surface area contributed by atoms with E-state index in [9.17, 15) is 15.4 Å². The maximum absolute atomic E-state index is 10.1. The predicted octanol–water partition coefficient (Wildman–Crippen LogP) is -0.408. The monoisotopic (exact) mass is 311 g/mol. The standard InChI is InChI=1S/C13H17N3O6/c1-2-16(20)13-10-6(3-4-21-10)14-12(15-13)11-9(19)8(18)7(5-17)22-11/h3-4,7-9,11,17-20H,2,5H2,1H3/t7-,8-,9-,11?/m1/s1. The number of hydroxylamine groups is 1. The van der Waals surface area contributed by atoms with Gasteiger partial charge >= 0.3 is 0 Å². The summed E-state index contributed by atoms with van der Waals surface area (Å²) < 4.78 is 10.7. The Kier molecular flexibility index (Phi) is 3.98. The Balaban J connectivity index is 2.04. The summed E-state index contributed by atoms with van der Waals surface area (Å²) in [6, 6.07) is 1.59. The van der Waals surface area contributed by atoms with Gasteiger partial charge in [-0.25, -0.2) is 15.0 Å². The van der Waals surface area contributed by atoms with Crippen LogP contribution in [0.25, 0.3) is 11.1 Å². The van der Waals surface area contributed by atoms with E-state index in [4.69, 9.17) is 14.3 Å². The number of aliphatic hydroxyl groups is 3. The molecule has 9 heteroatoms. The van der Waals surface area contributed by atoms with Crippen molar-refractivity contribution < 1.29 is 29.7 Å². The fourth-order valence-corrected chi connectivity index (χ4v) is 2.43. The van der Waals surface area contributed by atoms with Crippen LogP contribution < -0.4 is 5.06 Å². The van der Waals surface area contributed by atoms with Crippen LogP contribution in [-0.2, 0) is 4.74 Å². The van der Waals surface area contributed by atoms with Gasteiger partial charge in [-0.15, -0.1) is 0 Å². The lowest BCUT2D eigenvalue weighted by atomic mass is 10.1. The van der Waals surface area contributed by atoms with E-state index < -0.39 is 31.0 Å². The number of rotatable bonds is 4. The van der Waals surface area contributed by atoms with Gasteiger partial charge in [-0.2, -0.15) is 0 Å². The zero-order chi connectivity index (χ0) is 15.9. The molecule has 1 aliphatic rings. The lowest BCUT2D eigenvalue weighted by Crippen LogP contribution is -2.32. The Hall–Kier alpha value is -1.78. The van der Waals surface area contributed by atoms with Crippen molar-refractivity contribution in [1.29, 1.82) is 0 Å². The molecule has 3 heterocycles. The first kappa shape index (κ1) is 15.1. The average Bonchev–Trinajstić information content (AvgIpc) is 3.11. The molecule has 4 atom stereocenters. The molecule has 120 valence electrons. The first-order valence-electron chi connectivity index (χ1n) is 6.90. The summed E-state index contributed by atoms with van der Waals surface area (Å²) in [5, 5.41) is 39.8. The van der Waals surface area contributed by atoms with Crippen LogP contribution in [0.2, 0.25) is 0 Å².